The highest BCUT2D eigenvalue weighted by molar-refractivity contribution is 7.78. The fourth-order valence-corrected chi connectivity index (χ4v) is 1.07. The normalized spacial score (nSPS) is 9.86. The molecule has 2 N–H and O–H groups in total. The summed E-state index contributed by atoms with van der Waals surface area (Å²) in [5.74, 6) is -0.613. The zero-order chi connectivity index (χ0) is 10.4. The van der Waals surface area contributed by atoms with E-state index in [0.717, 1.165) is 0 Å². The zero-order valence-corrected chi connectivity index (χ0v) is 8.22. The first-order chi connectivity index (χ1) is 6.77. The maximum atomic E-state index is 12.8. The fraction of sp³-hybridized carbons (Fsp3) is 0.250. The second-order valence-electron chi connectivity index (χ2n) is 2.59. The predicted molar refractivity (Wildman–Crippen MR) is 57.3 cm³/mol. The van der Waals surface area contributed by atoms with E-state index in [2.05, 4.69) is 28.0 Å². The molecule has 6 heteroatoms. The molecule has 0 aliphatic rings. The van der Waals surface area contributed by atoms with Crippen molar-refractivity contribution in [3.63, 3.8) is 0 Å². The van der Waals surface area contributed by atoms with Gasteiger partial charge < -0.3 is 5.32 Å². The first-order valence-electron chi connectivity index (χ1n) is 4.01. The quantitative estimate of drug-likeness (QED) is 0.400. The number of hydrogen-bond donors (Lipinski definition) is 3. The van der Waals surface area contributed by atoms with Crippen LogP contribution < -0.4 is 10.0 Å². The van der Waals surface area contributed by atoms with E-state index in [1.165, 1.54) is 12.1 Å². The van der Waals surface area contributed by atoms with Crippen LogP contribution in [0.3, 0.4) is 0 Å². The molecule has 1 aromatic rings. The number of nitrogens with zero attached hydrogens (tertiary/aromatic N) is 1. The van der Waals surface area contributed by atoms with E-state index in [1.807, 2.05) is 0 Å². The van der Waals surface area contributed by atoms with E-state index >= 15 is 0 Å². The van der Waals surface area contributed by atoms with E-state index in [1.54, 1.807) is 6.07 Å². The summed E-state index contributed by atoms with van der Waals surface area (Å²) < 4.78 is 15.5. The van der Waals surface area contributed by atoms with Gasteiger partial charge in [0, 0.05) is 18.8 Å². The van der Waals surface area contributed by atoms with Crippen molar-refractivity contribution in [3.8, 4) is 0 Å². The Balaban J connectivity index is 2.64. The number of halogens is 1. The maximum absolute atomic E-state index is 12.8. The van der Waals surface area contributed by atoms with Crippen LogP contribution in [0, 0.1) is 10.7 Å². The molecule has 1 aromatic carbocycles. The van der Waals surface area contributed by atoms with Crippen LogP contribution in [-0.4, -0.2) is 13.1 Å². The molecule has 0 unspecified atom stereocenters. The summed E-state index contributed by atoms with van der Waals surface area (Å²) in [7, 11) is 0. The summed E-state index contributed by atoms with van der Waals surface area (Å²) in [6.07, 6.45) is 0. The summed E-state index contributed by atoms with van der Waals surface area (Å²) in [4.78, 5) is 10.2. The van der Waals surface area contributed by atoms with Crippen LogP contribution in [0.4, 0.5) is 15.8 Å². The van der Waals surface area contributed by atoms with Gasteiger partial charge in [-0.3, -0.25) is 4.72 Å². The van der Waals surface area contributed by atoms with Gasteiger partial charge in [0.2, 0.25) is 0 Å². The third-order valence-electron chi connectivity index (χ3n) is 1.61. The van der Waals surface area contributed by atoms with Crippen LogP contribution >= 0.6 is 12.8 Å². The van der Waals surface area contributed by atoms with Gasteiger partial charge in [0.1, 0.15) is 5.69 Å². The van der Waals surface area contributed by atoms with Crippen molar-refractivity contribution in [2.75, 3.05) is 18.4 Å². The maximum Gasteiger partial charge on any atom is 0.152 e. The molecule has 14 heavy (non-hydrogen) atoms. The van der Waals surface area contributed by atoms with Gasteiger partial charge in [0.05, 0.1) is 0 Å². The third-order valence-corrected chi connectivity index (χ3v) is 1.83. The van der Waals surface area contributed by atoms with Gasteiger partial charge in [-0.15, -0.1) is 4.91 Å². The van der Waals surface area contributed by atoms with Gasteiger partial charge in [0.25, 0.3) is 0 Å². The molecule has 0 amide bonds. The molecule has 1 rings (SSSR count). The number of thiol groups is 1. The van der Waals surface area contributed by atoms with Crippen LogP contribution in [0.5, 0.6) is 0 Å². The molecule has 0 fully saturated rings. The van der Waals surface area contributed by atoms with Gasteiger partial charge in [-0.25, -0.2) is 4.39 Å². The minimum Gasteiger partial charge on any atom is -0.384 e. The molecule has 76 valence electrons. The number of nitroso groups, excluding NO2 is 1. The van der Waals surface area contributed by atoms with Crippen LogP contribution in [0.25, 0.3) is 0 Å². The molecule has 4 nitrogen and oxygen atoms in total. The minimum absolute atomic E-state index is 0.186. The van der Waals surface area contributed by atoms with Crippen LogP contribution in [-0.2, 0) is 0 Å². The molecule has 0 saturated carbocycles. The van der Waals surface area contributed by atoms with Gasteiger partial charge >= 0.3 is 0 Å². The van der Waals surface area contributed by atoms with Crippen molar-refractivity contribution in [2.24, 2.45) is 5.18 Å². The van der Waals surface area contributed by atoms with Crippen molar-refractivity contribution < 1.29 is 4.39 Å². The summed E-state index contributed by atoms with van der Waals surface area (Å²) in [6.45, 7) is 1.29. The van der Waals surface area contributed by atoms with E-state index in [-0.39, 0.29) is 5.69 Å². The van der Waals surface area contributed by atoms with E-state index in [9.17, 15) is 9.30 Å². The Labute approximate surface area is 86.4 Å². The topological polar surface area (TPSA) is 53.5 Å². The summed E-state index contributed by atoms with van der Waals surface area (Å²) >= 11 is 3.80. The number of rotatable bonds is 5. The highest BCUT2D eigenvalue weighted by Gasteiger charge is 2.02. The molecule has 0 bridgehead atoms. The molecule has 0 radical (unpaired) electrons. The number of benzene rings is 1. The first-order valence-corrected chi connectivity index (χ1v) is 4.46. The average Bonchev–Trinajstić information content (AvgIpc) is 2.21. The van der Waals surface area contributed by atoms with Crippen molar-refractivity contribution in [1.82, 2.24) is 4.72 Å². The van der Waals surface area contributed by atoms with Gasteiger partial charge in [-0.05, 0) is 23.4 Å². The van der Waals surface area contributed by atoms with Crippen LogP contribution in [0.2, 0.25) is 0 Å². The molecular formula is C8H10FN3OS. The van der Waals surface area contributed by atoms with Crippen molar-refractivity contribution in [1.29, 1.82) is 0 Å². The molecule has 0 heterocycles. The smallest absolute Gasteiger partial charge is 0.152 e. The number of nitrogens with one attached hydrogen (secondary N) is 2. The molecular weight excluding hydrogens is 205 g/mol. The van der Waals surface area contributed by atoms with Crippen molar-refractivity contribution in [3.05, 3.63) is 28.9 Å². The molecule has 0 saturated heterocycles. The SMILES string of the molecule is O=Nc1cc(NCCNS)ccc1F. The summed E-state index contributed by atoms with van der Waals surface area (Å²) in [5.41, 5.74) is 0.471. The second kappa shape index (κ2) is 5.56. The lowest BCUT2D eigenvalue weighted by atomic mass is 10.2. The lowest BCUT2D eigenvalue weighted by Crippen LogP contribution is -2.13. The van der Waals surface area contributed by atoms with E-state index < -0.39 is 5.82 Å². The predicted octanol–water partition coefficient (Wildman–Crippen LogP) is 2.07. The van der Waals surface area contributed by atoms with Gasteiger partial charge in [-0.2, -0.15) is 0 Å². The Bertz CT molecular complexity index is 321. The summed E-state index contributed by atoms with van der Waals surface area (Å²) in [6, 6.07) is 4.11. The number of anilines is 1. The Kier molecular flexibility index (Phi) is 4.34. The molecule has 0 aliphatic carbocycles. The molecule has 0 atom stereocenters. The molecule has 0 aliphatic heterocycles. The standard InChI is InChI=1S/C8H10FN3OS/c9-7-2-1-6(5-8(7)12-13)10-3-4-11-14/h1-2,5,10-11,14H,3-4H2. The van der Waals surface area contributed by atoms with Crippen molar-refractivity contribution in [2.45, 2.75) is 0 Å². The highest BCUT2D eigenvalue weighted by atomic mass is 32.1. The van der Waals surface area contributed by atoms with E-state index in [4.69, 9.17) is 0 Å². The summed E-state index contributed by atoms with van der Waals surface area (Å²) in [5, 5.41) is 5.53. The van der Waals surface area contributed by atoms with E-state index in [0.29, 0.717) is 18.8 Å². The Hall–Kier alpha value is -1.14. The van der Waals surface area contributed by atoms with Crippen LogP contribution in [0.1, 0.15) is 0 Å². The van der Waals surface area contributed by atoms with Gasteiger partial charge in [-0.1, -0.05) is 12.8 Å². The molecule has 0 aromatic heterocycles. The Morgan fingerprint density at radius 2 is 2.21 bits per heavy atom. The molecule has 0 spiro atoms. The second-order valence-corrected chi connectivity index (χ2v) is 2.91. The highest BCUT2D eigenvalue weighted by Crippen LogP contribution is 2.21. The van der Waals surface area contributed by atoms with Crippen LogP contribution in [0.15, 0.2) is 23.4 Å². The Morgan fingerprint density at radius 3 is 2.86 bits per heavy atom. The largest absolute Gasteiger partial charge is 0.384 e. The van der Waals surface area contributed by atoms with Gasteiger partial charge in [0.15, 0.2) is 5.82 Å². The first kappa shape index (κ1) is 10.9. The zero-order valence-electron chi connectivity index (χ0n) is 7.33. The lowest BCUT2D eigenvalue weighted by Gasteiger charge is -2.05. The Morgan fingerprint density at radius 1 is 1.43 bits per heavy atom. The lowest BCUT2D eigenvalue weighted by molar-refractivity contribution is 0.630. The number of hydrogen-bond acceptors (Lipinski definition) is 5. The monoisotopic (exact) mass is 215 g/mol. The third kappa shape index (κ3) is 2.97. The van der Waals surface area contributed by atoms with Crippen molar-refractivity contribution >= 4 is 24.2 Å². The minimum atomic E-state index is -0.613. The average molecular weight is 215 g/mol. The fourth-order valence-electron chi connectivity index (χ4n) is 0.955.